The van der Waals surface area contributed by atoms with Crippen molar-refractivity contribution in [3.63, 3.8) is 0 Å². The van der Waals surface area contributed by atoms with E-state index in [4.69, 9.17) is 4.74 Å². The zero-order valence-electron chi connectivity index (χ0n) is 12.4. The number of phenolic OH excluding ortho intramolecular Hbond substituents is 1. The van der Waals surface area contributed by atoms with E-state index in [1.807, 2.05) is 0 Å². The number of allylic oxidation sites excluding steroid dienone is 1. The van der Waals surface area contributed by atoms with E-state index in [0.29, 0.717) is 11.3 Å². The summed E-state index contributed by atoms with van der Waals surface area (Å²) in [6, 6.07) is 3.60. The zero-order valence-corrected chi connectivity index (χ0v) is 14.0. The van der Waals surface area contributed by atoms with Crippen LogP contribution in [0.25, 0.3) is 0 Å². The fraction of sp³-hybridized carbons (Fsp3) is 0.333. The monoisotopic (exact) mass is 368 g/mol. The number of carbonyl (C=O) groups excluding carboxylic acids is 2. The van der Waals surface area contributed by atoms with Crippen molar-refractivity contribution in [2.24, 2.45) is 0 Å². The lowest BCUT2D eigenvalue weighted by Gasteiger charge is -2.29. The third kappa shape index (κ3) is 3.41. The minimum Gasteiger partial charge on any atom is -0.508 e. The Morgan fingerprint density at radius 1 is 1.41 bits per heavy atom. The number of rotatable bonds is 3. The van der Waals surface area contributed by atoms with Crippen molar-refractivity contribution in [2.45, 2.75) is 32.9 Å². The number of urea groups is 1. The van der Waals surface area contributed by atoms with Gasteiger partial charge in [-0.15, -0.1) is 0 Å². The number of benzene rings is 1. The Hall–Kier alpha value is -2.02. The first-order chi connectivity index (χ1) is 10.3. The van der Waals surface area contributed by atoms with Crippen LogP contribution in [0, 0.1) is 0 Å². The Morgan fingerprint density at radius 2 is 2.09 bits per heavy atom. The summed E-state index contributed by atoms with van der Waals surface area (Å²) in [5.74, 6) is -0.553. The first-order valence-corrected chi connectivity index (χ1v) is 7.56. The van der Waals surface area contributed by atoms with Crippen LogP contribution in [0.4, 0.5) is 4.79 Å². The molecule has 6 nitrogen and oxygen atoms in total. The second-order valence-electron chi connectivity index (χ2n) is 5.23. The van der Waals surface area contributed by atoms with Crippen molar-refractivity contribution in [1.82, 2.24) is 10.6 Å². The van der Waals surface area contributed by atoms with E-state index in [-0.39, 0.29) is 17.4 Å². The molecule has 1 atom stereocenters. The molecular formula is C15H17BrN2O4. The number of nitrogens with one attached hydrogen (secondary N) is 2. The number of esters is 1. The van der Waals surface area contributed by atoms with Gasteiger partial charge in [-0.05, 0) is 39.0 Å². The summed E-state index contributed by atoms with van der Waals surface area (Å²) in [6.07, 6.45) is -0.290. The molecule has 0 bridgehead atoms. The van der Waals surface area contributed by atoms with Crippen molar-refractivity contribution < 1.29 is 19.4 Å². The summed E-state index contributed by atoms with van der Waals surface area (Å²) < 4.78 is 5.96. The van der Waals surface area contributed by atoms with Gasteiger partial charge in [0.2, 0.25) is 0 Å². The number of halogens is 1. The third-order valence-electron chi connectivity index (χ3n) is 3.13. The molecule has 0 fully saturated rings. The minimum absolute atomic E-state index is 0.0157. The van der Waals surface area contributed by atoms with Gasteiger partial charge in [-0.25, -0.2) is 9.59 Å². The number of carbonyl (C=O) groups is 2. The van der Waals surface area contributed by atoms with Crippen LogP contribution < -0.4 is 10.6 Å². The van der Waals surface area contributed by atoms with Gasteiger partial charge in [0.15, 0.2) is 0 Å². The zero-order chi connectivity index (χ0) is 16.4. The molecule has 2 amide bonds. The number of ether oxygens (including phenoxy) is 1. The van der Waals surface area contributed by atoms with Crippen LogP contribution in [-0.2, 0) is 9.53 Å². The predicted octanol–water partition coefficient (Wildman–Crippen LogP) is 2.73. The maximum atomic E-state index is 12.3. The van der Waals surface area contributed by atoms with Gasteiger partial charge < -0.3 is 20.5 Å². The van der Waals surface area contributed by atoms with Gasteiger partial charge in [0.1, 0.15) is 5.75 Å². The molecule has 1 unspecified atom stereocenters. The van der Waals surface area contributed by atoms with Gasteiger partial charge in [0.25, 0.3) is 0 Å². The summed E-state index contributed by atoms with van der Waals surface area (Å²) in [5.41, 5.74) is 1.08. The highest BCUT2D eigenvalue weighted by Gasteiger charge is 2.34. The van der Waals surface area contributed by atoms with Crippen molar-refractivity contribution >= 4 is 27.9 Å². The van der Waals surface area contributed by atoms with E-state index in [0.717, 1.165) is 4.47 Å². The molecule has 22 heavy (non-hydrogen) atoms. The lowest BCUT2D eigenvalue weighted by atomic mass is 9.95. The normalized spacial score (nSPS) is 18.0. The Bertz CT molecular complexity index is 655. The highest BCUT2D eigenvalue weighted by atomic mass is 79.9. The number of hydrogen-bond acceptors (Lipinski definition) is 4. The van der Waals surface area contributed by atoms with E-state index in [1.54, 1.807) is 32.9 Å². The van der Waals surface area contributed by atoms with Crippen molar-refractivity contribution in [1.29, 1.82) is 0 Å². The number of aromatic hydroxyl groups is 1. The van der Waals surface area contributed by atoms with Gasteiger partial charge in [-0.1, -0.05) is 15.9 Å². The molecule has 0 radical (unpaired) electrons. The average Bonchev–Trinajstić information content (AvgIpc) is 2.39. The van der Waals surface area contributed by atoms with Crippen LogP contribution in [0.1, 0.15) is 32.4 Å². The number of phenols is 1. The van der Waals surface area contributed by atoms with Crippen LogP contribution in [0.5, 0.6) is 5.75 Å². The third-order valence-corrected chi connectivity index (χ3v) is 3.63. The van der Waals surface area contributed by atoms with Crippen LogP contribution >= 0.6 is 15.9 Å². The maximum Gasteiger partial charge on any atom is 0.338 e. The molecule has 7 heteroatoms. The Balaban J connectivity index is 2.50. The molecule has 0 saturated heterocycles. The fourth-order valence-corrected chi connectivity index (χ4v) is 2.61. The highest BCUT2D eigenvalue weighted by molar-refractivity contribution is 9.10. The van der Waals surface area contributed by atoms with E-state index in [1.165, 1.54) is 6.07 Å². The van der Waals surface area contributed by atoms with Gasteiger partial charge >= 0.3 is 12.0 Å². The molecule has 0 aliphatic carbocycles. The van der Waals surface area contributed by atoms with E-state index in [9.17, 15) is 14.7 Å². The molecule has 1 aromatic carbocycles. The van der Waals surface area contributed by atoms with Gasteiger partial charge in [-0.2, -0.15) is 0 Å². The largest absolute Gasteiger partial charge is 0.508 e. The van der Waals surface area contributed by atoms with Gasteiger partial charge in [0.05, 0.1) is 17.7 Å². The average molecular weight is 369 g/mol. The molecule has 3 N–H and O–H groups in total. The van der Waals surface area contributed by atoms with Crippen molar-refractivity contribution in [3.8, 4) is 5.75 Å². The van der Waals surface area contributed by atoms with Crippen LogP contribution in [0.3, 0.4) is 0 Å². The Morgan fingerprint density at radius 3 is 2.73 bits per heavy atom. The molecule has 1 aliphatic rings. The molecule has 0 spiro atoms. The summed E-state index contributed by atoms with van der Waals surface area (Å²) in [7, 11) is 0. The van der Waals surface area contributed by atoms with Crippen LogP contribution in [0.2, 0.25) is 0 Å². The molecular weight excluding hydrogens is 352 g/mol. The van der Waals surface area contributed by atoms with E-state index in [2.05, 4.69) is 26.6 Å². The quantitative estimate of drug-likeness (QED) is 0.715. The molecule has 1 heterocycles. The molecule has 1 aliphatic heterocycles. The summed E-state index contributed by atoms with van der Waals surface area (Å²) in [6.45, 7) is 5.11. The first-order valence-electron chi connectivity index (χ1n) is 6.77. The Kier molecular flexibility index (Phi) is 4.75. The molecule has 1 aromatic rings. The SMILES string of the molecule is CC1=C(C(=O)OC(C)C)C(c2cc(Br)ccc2O)NC(=O)N1. The van der Waals surface area contributed by atoms with Crippen molar-refractivity contribution in [2.75, 3.05) is 0 Å². The predicted molar refractivity (Wildman–Crippen MR) is 84.1 cm³/mol. The minimum atomic E-state index is -0.780. The smallest absolute Gasteiger partial charge is 0.338 e. The molecule has 0 aromatic heterocycles. The number of hydrogen-bond donors (Lipinski definition) is 3. The lowest BCUT2D eigenvalue weighted by Crippen LogP contribution is -2.45. The maximum absolute atomic E-state index is 12.3. The van der Waals surface area contributed by atoms with E-state index >= 15 is 0 Å². The Labute approximate surface area is 136 Å². The van der Waals surface area contributed by atoms with E-state index < -0.39 is 18.0 Å². The second-order valence-corrected chi connectivity index (χ2v) is 6.14. The second kappa shape index (κ2) is 6.39. The fourth-order valence-electron chi connectivity index (χ4n) is 2.23. The standard InChI is InChI=1S/C15H17BrN2O4/c1-7(2)22-14(20)12-8(3)17-15(21)18-13(12)10-6-9(16)4-5-11(10)19/h4-7,13,19H,1-3H3,(H2,17,18,21). The number of amides is 2. The van der Waals surface area contributed by atoms with Crippen LogP contribution in [0.15, 0.2) is 33.9 Å². The topological polar surface area (TPSA) is 87.7 Å². The van der Waals surface area contributed by atoms with Crippen LogP contribution in [-0.4, -0.2) is 23.2 Å². The molecule has 118 valence electrons. The lowest BCUT2D eigenvalue weighted by molar-refractivity contribution is -0.143. The van der Waals surface area contributed by atoms with Gasteiger partial charge in [0, 0.05) is 15.7 Å². The molecule has 2 rings (SSSR count). The summed E-state index contributed by atoms with van der Waals surface area (Å²) in [5, 5.41) is 15.3. The van der Waals surface area contributed by atoms with Gasteiger partial charge in [-0.3, -0.25) is 0 Å². The summed E-state index contributed by atoms with van der Waals surface area (Å²) >= 11 is 3.32. The first kappa shape index (κ1) is 16.4. The van der Waals surface area contributed by atoms with Crippen molar-refractivity contribution in [3.05, 3.63) is 39.5 Å². The highest BCUT2D eigenvalue weighted by Crippen LogP contribution is 2.34. The molecule has 0 saturated carbocycles. The summed E-state index contributed by atoms with van der Waals surface area (Å²) in [4.78, 5) is 24.1.